The van der Waals surface area contributed by atoms with Gasteiger partial charge in [-0.25, -0.2) is 0 Å². The quantitative estimate of drug-likeness (QED) is 0.621. The molecule has 4 nitrogen and oxygen atoms in total. The van der Waals surface area contributed by atoms with E-state index in [1.165, 1.54) is 7.11 Å². The van der Waals surface area contributed by atoms with Crippen LogP contribution in [0.4, 0.5) is 0 Å². The summed E-state index contributed by atoms with van der Waals surface area (Å²) in [6.07, 6.45) is 0. The third-order valence-corrected chi connectivity index (χ3v) is 1.77. The van der Waals surface area contributed by atoms with E-state index >= 15 is 0 Å². The zero-order valence-electron chi connectivity index (χ0n) is 7.70. The summed E-state index contributed by atoms with van der Waals surface area (Å²) in [4.78, 5) is 11.0. The molecular formula is C7H16Cl2N2O2. The number of halogens is 2. The van der Waals surface area contributed by atoms with E-state index in [1.54, 1.807) is 0 Å². The molecule has 1 saturated heterocycles. The van der Waals surface area contributed by atoms with Crippen LogP contribution in [0.25, 0.3) is 0 Å². The summed E-state index contributed by atoms with van der Waals surface area (Å²) in [6.45, 7) is 3.60. The molecule has 0 saturated carbocycles. The third-order valence-electron chi connectivity index (χ3n) is 1.77. The van der Waals surface area contributed by atoms with Crippen molar-refractivity contribution in [2.45, 2.75) is 19.0 Å². The molecule has 0 amide bonds. The number of piperazine rings is 1. The monoisotopic (exact) mass is 230 g/mol. The van der Waals surface area contributed by atoms with Crippen molar-refractivity contribution in [1.82, 2.24) is 10.6 Å². The van der Waals surface area contributed by atoms with Crippen LogP contribution in [0.2, 0.25) is 0 Å². The number of carbonyl (C=O) groups is 1. The maximum atomic E-state index is 11.0. The van der Waals surface area contributed by atoms with Gasteiger partial charge in [-0.1, -0.05) is 0 Å². The molecule has 13 heavy (non-hydrogen) atoms. The highest BCUT2D eigenvalue weighted by atomic mass is 35.5. The molecule has 0 aromatic heterocycles. The molecule has 2 atom stereocenters. The molecule has 0 bridgehead atoms. The summed E-state index contributed by atoms with van der Waals surface area (Å²) >= 11 is 0. The first kappa shape index (κ1) is 15.4. The minimum Gasteiger partial charge on any atom is -0.468 e. The highest BCUT2D eigenvalue weighted by Crippen LogP contribution is 1.94. The second-order valence-corrected chi connectivity index (χ2v) is 2.80. The van der Waals surface area contributed by atoms with Crippen molar-refractivity contribution in [2.75, 3.05) is 20.2 Å². The molecule has 0 aromatic rings. The first-order valence-corrected chi connectivity index (χ1v) is 3.78. The Morgan fingerprint density at radius 3 is 2.46 bits per heavy atom. The van der Waals surface area contributed by atoms with Crippen molar-refractivity contribution >= 4 is 30.8 Å². The molecule has 0 aliphatic carbocycles. The van der Waals surface area contributed by atoms with E-state index in [0.717, 1.165) is 6.54 Å². The van der Waals surface area contributed by atoms with Crippen molar-refractivity contribution in [1.29, 1.82) is 0 Å². The van der Waals surface area contributed by atoms with Crippen molar-refractivity contribution in [3.8, 4) is 0 Å². The largest absolute Gasteiger partial charge is 0.468 e. The van der Waals surface area contributed by atoms with Gasteiger partial charge in [0.2, 0.25) is 0 Å². The summed E-state index contributed by atoms with van der Waals surface area (Å²) in [7, 11) is 1.41. The Bertz CT molecular complexity index is 157. The highest BCUT2D eigenvalue weighted by molar-refractivity contribution is 5.85. The van der Waals surface area contributed by atoms with E-state index in [9.17, 15) is 4.79 Å². The van der Waals surface area contributed by atoms with Gasteiger partial charge < -0.3 is 10.1 Å². The highest BCUT2D eigenvalue weighted by Gasteiger charge is 2.23. The smallest absolute Gasteiger partial charge is 0.324 e. The molecule has 1 aliphatic heterocycles. The van der Waals surface area contributed by atoms with E-state index in [-0.39, 0.29) is 36.8 Å². The van der Waals surface area contributed by atoms with Gasteiger partial charge in [0.15, 0.2) is 0 Å². The maximum absolute atomic E-state index is 11.0. The zero-order chi connectivity index (χ0) is 8.27. The van der Waals surface area contributed by atoms with Crippen molar-refractivity contribution in [3.05, 3.63) is 0 Å². The molecule has 0 spiro atoms. The first-order chi connectivity index (χ1) is 5.24. The van der Waals surface area contributed by atoms with Crippen LogP contribution in [0.3, 0.4) is 0 Å². The molecule has 1 rings (SSSR count). The van der Waals surface area contributed by atoms with Gasteiger partial charge in [0, 0.05) is 19.1 Å². The second kappa shape index (κ2) is 7.38. The van der Waals surface area contributed by atoms with Crippen LogP contribution in [0.5, 0.6) is 0 Å². The van der Waals surface area contributed by atoms with E-state index in [1.807, 2.05) is 6.92 Å². The Morgan fingerprint density at radius 1 is 1.38 bits per heavy atom. The molecule has 2 N–H and O–H groups in total. The predicted octanol–water partition coefficient (Wildman–Crippen LogP) is -0.0471. The molecule has 2 unspecified atom stereocenters. The van der Waals surface area contributed by atoms with Gasteiger partial charge in [-0.3, -0.25) is 10.1 Å². The lowest BCUT2D eigenvalue weighted by Crippen LogP contribution is -2.57. The third kappa shape index (κ3) is 4.67. The molecule has 80 valence electrons. The van der Waals surface area contributed by atoms with Gasteiger partial charge in [-0.15, -0.1) is 24.8 Å². The Hall–Kier alpha value is -0.0300. The molecule has 0 radical (unpaired) electrons. The second-order valence-electron chi connectivity index (χ2n) is 2.80. The van der Waals surface area contributed by atoms with Gasteiger partial charge in [-0.05, 0) is 6.92 Å². The normalized spacial score (nSPS) is 26.6. The van der Waals surface area contributed by atoms with Crippen LogP contribution < -0.4 is 10.6 Å². The number of rotatable bonds is 1. The van der Waals surface area contributed by atoms with Crippen molar-refractivity contribution in [3.63, 3.8) is 0 Å². The Kier molecular flexibility index (Phi) is 8.77. The molecule has 6 heteroatoms. The van der Waals surface area contributed by atoms with Gasteiger partial charge >= 0.3 is 5.97 Å². The lowest BCUT2D eigenvalue weighted by molar-refractivity contribution is -0.143. The summed E-state index contributed by atoms with van der Waals surface area (Å²) in [6, 6.07) is 0.164. The number of carbonyl (C=O) groups excluding carboxylic acids is 1. The van der Waals surface area contributed by atoms with Crippen LogP contribution in [-0.2, 0) is 9.53 Å². The van der Waals surface area contributed by atoms with Gasteiger partial charge in [-0.2, -0.15) is 0 Å². The number of nitrogens with one attached hydrogen (secondary N) is 2. The van der Waals surface area contributed by atoms with E-state index in [0.29, 0.717) is 12.6 Å². The van der Waals surface area contributed by atoms with Crippen LogP contribution in [0.15, 0.2) is 0 Å². The summed E-state index contributed by atoms with van der Waals surface area (Å²) in [5.74, 6) is -0.191. The summed E-state index contributed by atoms with van der Waals surface area (Å²) < 4.78 is 4.60. The fourth-order valence-electron chi connectivity index (χ4n) is 1.20. The number of hydrogen-bond donors (Lipinski definition) is 2. The number of hydrogen-bond acceptors (Lipinski definition) is 4. The fraction of sp³-hybridized carbons (Fsp3) is 0.857. The molecule has 1 aliphatic rings. The number of methoxy groups -OCH3 is 1. The van der Waals surface area contributed by atoms with Crippen molar-refractivity contribution < 1.29 is 9.53 Å². The van der Waals surface area contributed by atoms with Gasteiger partial charge in [0.05, 0.1) is 7.11 Å². The minimum absolute atomic E-state index is 0. The first-order valence-electron chi connectivity index (χ1n) is 3.78. The Morgan fingerprint density at radius 2 is 2.00 bits per heavy atom. The average molecular weight is 231 g/mol. The fourth-order valence-corrected chi connectivity index (χ4v) is 1.20. The number of esters is 1. The summed E-state index contributed by atoms with van der Waals surface area (Å²) in [5.41, 5.74) is 0. The Labute approximate surface area is 90.6 Å². The van der Waals surface area contributed by atoms with E-state index in [2.05, 4.69) is 15.4 Å². The molecule has 0 aromatic carbocycles. The minimum atomic E-state index is -0.191. The standard InChI is InChI=1S/C7H14N2O2.2ClH/c1-5-3-8-4-6(9-5)7(10)11-2;;/h5-6,8-9H,3-4H2,1-2H3;2*1H. The topological polar surface area (TPSA) is 50.4 Å². The SMILES string of the molecule is COC(=O)C1CNCC(C)N1.Cl.Cl. The van der Waals surface area contributed by atoms with E-state index in [4.69, 9.17) is 0 Å². The predicted molar refractivity (Wildman–Crippen MR) is 55.8 cm³/mol. The lowest BCUT2D eigenvalue weighted by Gasteiger charge is -2.27. The summed E-state index contributed by atoms with van der Waals surface area (Å²) in [5, 5.41) is 6.27. The van der Waals surface area contributed by atoms with Crippen LogP contribution in [0, 0.1) is 0 Å². The lowest BCUT2D eigenvalue weighted by atomic mass is 10.2. The van der Waals surface area contributed by atoms with Gasteiger partial charge in [0.1, 0.15) is 6.04 Å². The molecular weight excluding hydrogens is 215 g/mol. The van der Waals surface area contributed by atoms with Crippen LogP contribution >= 0.6 is 24.8 Å². The molecule has 1 fully saturated rings. The Balaban J connectivity index is 0. The molecule has 1 heterocycles. The number of ether oxygens (including phenoxy) is 1. The van der Waals surface area contributed by atoms with Crippen LogP contribution in [-0.4, -0.2) is 38.3 Å². The van der Waals surface area contributed by atoms with Crippen LogP contribution in [0.1, 0.15) is 6.92 Å². The average Bonchev–Trinajstić information content (AvgIpc) is 2.03. The van der Waals surface area contributed by atoms with Crippen molar-refractivity contribution in [2.24, 2.45) is 0 Å². The zero-order valence-corrected chi connectivity index (χ0v) is 9.33. The maximum Gasteiger partial charge on any atom is 0.324 e. The van der Waals surface area contributed by atoms with E-state index < -0.39 is 0 Å². The van der Waals surface area contributed by atoms with Gasteiger partial charge in [0.25, 0.3) is 0 Å².